The van der Waals surface area contributed by atoms with E-state index in [9.17, 15) is 0 Å². The predicted molar refractivity (Wildman–Crippen MR) is 179 cm³/mol. The van der Waals surface area contributed by atoms with Gasteiger partial charge in [0.15, 0.2) is 0 Å². The highest BCUT2D eigenvalue weighted by molar-refractivity contribution is 7.10. The third-order valence-corrected chi connectivity index (χ3v) is 7.90. The smallest absolute Gasteiger partial charge is 0.0462 e. The fourth-order valence-electron chi connectivity index (χ4n) is 4.90. The highest BCUT2D eigenvalue weighted by atomic mass is 32.1. The minimum absolute atomic E-state index is 1.12. The number of thiophene rings is 1. The molecule has 41 heavy (non-hydrogen) atoms. The molecule has 5 aromatic carbocycles. The van der Waals surface area contributed by atoms with Gasteiger partial charge < -0.3 is 4.90 Å². The van der Waals surface area contributed by atoms with Crippen molar-refractivity contribution in [3.05, 3.63) is 184 Å². The van der Waals surface area contributed by atoms with Gasteiger partial charge in [-0.1, -0.05) is 115 Å². The predicted octanol–water partition coefficient (Wildman–Crippen LogP) is 11.3. The number of anilines is 3. The number of benzene rings is 5. The Morgan fingerprint density at radius 1 is 0.512 bits per heavy atom. The summed E-state index contributed by atoms with van der Waals surface area (Å²) < 4.78 is 0. The number of aryl methyl sites for hydroxylation is 1. The zero-order valence-corrected chi connectivity index (χ0v) is 23.8. The summed E-state index contributed by atoms with van der Waals surface area (Å²) in [4.78, 5) is 3.57. The number of nitrogens with zero attached hydrogens (tertiary/aromatic N) is 1. The summed E-state index contributed by atoms with van der Waals surface area (Å²) in [7, 11) is 0. The third kappa shape index (κ3) is 6.46. The molecule has 1 aromatic heterocycles. The van der Waals surface area contributed by atoms with E-state index in [1.54, 1.807) is 11.3 Å². The molecule has 1 heterocycles. The first kappa shape index (κ1) is 26.3. The molecule has 198 valence electrons. The van der Waals surface area contributed by atoms with E-state index in [2.05, 4.69) is 181 Å². The SMILES string of the molecule is Cc1ccc(N(c2ccc(C=Cc3cccs3)cc2)c2ccc(C=C(c3ccccc3)c3ccccc3)cc2)cc1. The minimum atomic E-state index is 1.12. The van der Waals surface area contributed by atoms with Gasteiger partial charge in [-0.3, -0.25) is 0 Å². The lowest BCUT2D eigenvalue weighted by atomic mass is 9.95. The summed E-state index contributed by atoms with van der Waals surface area (Å²) in [5.41, 5.74) is 10.6. The van der Waals surface area contributed by atoms with E-state index < -0.39 is 0 Å². The van der Waals surface area contributed by atoms with Gasteiger partial charge in [-0.05, 0) is 94.7 Å². The summed E-state index contributed by atoms with van der Waals surface area (Å²) in [5, 5.41) is 2.10. The number of hydrogen-bond acceptors (Lipinski definition) is 2. The Morgan fingerprint density at radius 2 is 1.02 bits per heavy atom. The number of hydrogen-bond donors (Lipinski definition) is 0. The fourth-order valence-corrected chi connectivity index (χ4v) is 5.51. The Kier molecular flexibility index (Phi) is 8.02. The van der Waals surface area contributed by atoms with Crippen LogP contribution in [-0.4, -0.2) is 0 Å². The molecular formula is C39H31NS. The standard InChI is InChI=1S/C39H31NS/c1-30-14-21-35(22-15-30)40(36-23-16-31(17-24-36)20-27-38-13-8-28-41-38)37-25-18-32(19-26-37)29-39(33-9-4-2-5-10-33)34-11-6-3-7-12-34/h2-29H,1H3. The normalized spacial score (nSPS) is 11.0. The molecule has 0 saturated heterocycles. The molecule has 0 fully saturated rings. The van der Waals surface area contributed by atoms with Gasteiger partial charge in [-0.2, -0.15) is 0 Å². The van der Waals surface area contributed by atoms with Crippen LogP contribution in [0.5, 0.6) is 0 Å². The van der Waals surface area contributed by atoms with Crippen LogP contribution in [0.4, 0.5) is 17.1 Å². The maximum atomic E-state index is 2.31. The van der Waals surface area contributed by atoms with Crippen molar-refractivity contribution in [2.75, 3.05) is 4.90 Å². The minimum Gasteiger partial charge on any atom is -0.311 e. The van der Waals surface area contributed by atoms with Gasteiger partial charge in [0.2, 0.25) is 0 Å². The summed E-state index contributed by atoms with van der Waals surface area (Å²) >= 11 is 1.75. The van der Waals surface area contributed by atoms with Gasteiger partial charge in [0.25, 0.3) is 0 Å². The Balaban J connectivity index is 1.34. The average Bonchev–Trinajstić information content (AvgIpc) is 3.56. The molecule has 0 aliphatic carbocycles. The van der Waals surface area contributed by atoms with E-state index in [1.807, 2.05) is 0 Å². The zero-order valence-electron chi connectivity index (χ0n) is 23.0. The van der Waals surface area contributed by atoms with Gasteiger partial charge >= 0.3 is 0 Å². The maximum absolute atomic E-state index is 2.31. The average molecular weight is 546 g/mol. The molecule has 0 aliphatic rings. The van der Waals surface area contributed by atoms with Crippen LogP contribution >= 0.6 is 11.3 Å². The second kappa shape index (κ2) is 12.5. The van der Waals surface area contributed by atoms with Gasteiger partial charge in [-0.25, -0.2) is 0 Å². The second-order valence-electron chi connectivity index (χ2n) is 9.99. The van der Waals surface area contributed by atoms with Crippen molar-refractivity contribution in [2.45, 2.75) is 6.92 Å². The van der Waals surface area contributed by atoms with Crippen molar-refractivity contribution in [3.63, 3.8) is 0 Å². The lowest BCUT2D eigenvalue weighted by Crippen LogP contribution is -2.09. The molecule has 0 saturated carbocycles. The lowest BCUT2D eigenvalue weighted by Gasteiger charge is -2.26. The Labute approximate surface area is 247 Å². The molecule has 0 amide bonds. The largest absolute Gasteiger partial charge is 0.311 e. The highest BCUT2D eigenvalue weighted by Gasteiger charge is 2.13. The van der Waals surface area contributed by atoms with E-state index in [4.69, 9.17) is 0 Å². The maximum Gasteiger partial charge on any atom is 0.0462 e. The first-order valence-corrected chi connectivity index (χ1v) is 14.7. The van der Waals surface area contributed by atoms with Crippen LogP contribution in [0.1, 0.15) is 32.7 Å². The van der Waals surface area contributed by atoms with E-state index >= 15 is 0 Å². The topological polar surface area (TPSA) is 3.24 Å². The monoisotopic (exact) mass is 545 g/mol. The van der Waals surface area contributed by atoms with Crippen molar-refractivity contribution in [1.82, 2.24) is 0 Å². The summed E-state index contributed by atoms with van der Waals surface area (Å²) in [6.07, 6.45) is 6.62. The summed E-state index contributed by atoms with van der Waals surface area (Å²) in [6, 6.07) is 51.7. The van der Waals surface area contributed by atoms with Crippen molar-refractivity contribution in [1.29, 1.82) is 0 Å². The third-order valence-electron chi connectivity index (χ3n) is 7.06. The molecule has 0 bridgehead atoms. The van der Waals surface area contributed by atoms with Crippen LogP contribution in [0.25, 0.3) is 23.8 Å². The van der Waals surface area contributed by atoms with Gasteiger partial charge in [0.1, 0.15) is 0 Å². The van der Waals surface area contributed by atoms with Crippen LogP contribution in [0.2, 0.25) is 0 Å². The van der Waals surface area contributed by atoms with Gasteiger partial charge in [-0.15, -0.1) is 11.3 Å². The highest BCUT2D eigenvalue weighted by Crippen LogP contribution is 2.35. The molecule has 0 N–H and O–H groups in total. The fraction of sp³-hybridized carbons (Fsp3) is 0.0256. The van der Waals surface area contributed by atoms with Crippen LogP contribution < -0.4 is 4.90 Å². The molecule has 0 radical (unpaired) electrons. The van der Waals surface area contributed by atoms with Gasteiger partial charge in [0, 0.05) is 21.9 Å². The Morgan fingerprint density at radius 3 is 1.54 bits per heavy atom. The first-order valence-electron chi connectivity index (χ1n) is 13.8. The Bertz CT molecular complexity index is 1690. The van der Waals surface area contributed by atoms with Gasteiger partial charge in [0.05, 0.1) is 0 Å². The molecule has 0 spiro atoms. The van der Waals surface area contributed by atoms with Crippen LogP contribution in [0.3, 0.4) is 0 Å². The molecular weight excluding hydrogens is 515 g/mol. The van der Waals surface area contributed by atoms with Crippen LogP contribution in [-0.2, 0) is 0 Å². The molecule has 0 unspecified atom stereocenters. The summed E-state index contributed by atoms with van der Waals surface area (Å²) in [6.45, 7) is 2.13. The van der Waals surface area contributed by atoms with E-state index in [1.165, 1.54) is 32.7 Å². The van der Waals surface area contributed by atoms with Crippen molar-refractivity contribution in [2.24, 2.45) is 0 Å². The molecule has 6 rings (SSSR count). The molecule has 6 aromatic rings. The molecule has 0 aliphatic heterocycles. The van der Waals surface area contributed by atoms with Crippen molar-refractivity contribution >= 4 is 52.2 Å². The van der Waals surface area contributed by atoms with Crippen LogP contribution in [0, 0.1) is 6.92 Å². The van der Waals surface area contributed by atoms with Crippen molar-refractivity contribution < 1.29 is 0 Å². The molecule has 0 atom stereocenters. The van der Waals surface area contributed by atoms with Crippen LogP contribution in [0.15, 0.2) is 151 Å². The molecule has 2 heteroatoms. The second-order valence-corrected chi connectivity index (χ2v) is 11.0. The van der Waals surface area contributed by atoms with E-state index in [0.717, 1.165) is 22.6 Å². The summed E-state index contributed by atoms with van der Waals surface area (Å²) in [5.74, 6) is 0. The van der Waals surface area contributed by atoms with E-state index in [0.29, 0.717) is 0 Å². The van der Waals surface area contributed by atoms with E-state index in [-0.39, 0.29) is 0 Å². The first-order chi connectivity index (χ1) is 20.2. The Hall–Kier alpha value is -4.92. The quantitative estimate of drug-likeness (QED) is 0.172. The molecule has 1 nitrogen and oxygen atoms in total. The van der Waals surface area contributed by atoms with Crippen molar-refractivity contribution in [3.8, 4) is 0 Å². The number of rotatable bonds is 8. The lowest BCUT2D eigenvalue weighted by molar-refractivity contribution is 1.27. The zero-order chi connectivity index (χ0) is 27.9.